The Bertz CT molecular complexity index is 481. The summed E-state index contributed by atoms with van der Waals surface area (Å²) in [5, 5.41) is 16.5. The summed E-state index contributed by atoms with van der Waals surface area (Å²) >= 11 is 1.51. The summed E-state index contributed by atoms with van der Waals surface area (Å²) in [5.74, 6) is -1.18. The molecule has 5 heteroatoms. The van der Waals surface area contributed by atoms with Crippen LogP contribution in [0.1, 0.15) is 17.2 Å². The van der Waals surface area contributed by atoms with E-state index in [-0.39, 0.29) is 0 Å². The first-order valence-electron chi connectivity index (χ1n) is 5.51. The van der Waals surface area contributed by atoms with Crippen LogP contribution in [0, 0.1) is 11.6 Å². The molecule has 96 valence electrons. The molecule has 0 amide bonds. The molecule has 0 saturated heterocycles. The molecule has 0 aliphatic rings. The Morgan fingerprint density at radius 3 is 2.56 bits per heavy atom. The molecule has 0 bridgehead atoms. The second-order valence-corrected chi connectivity index (χ2v) is 4.76. The molecule has 0 aliphatic heterocycles. The van der Waals surface area contributed by atoms with Gasteiger partial charge >= 0.3 is 0 Å². The van der Waals surface area contributed by atoms with Gasteiger partial charge in [0.25, 0.3) is 0 Å². The molecule has 0 radical (unpaired) electrons. The standard InChI is InChI=1S/C13H13F2NOS/c14-11-3-9(4-12(15)5-11)6-16-7-13(17)10-1-2-18-8-10/h1-5,8,13,16-17H,6-7H2. The van der Waals surface area contributed by atoms with E-state index in [2.05, 4.69) is 5.32 Å². The zero-order valence-corrected chi connectivity index (χ0v) is 10.4. The lowest BCUT2D eigenvalue weighted by Gasteiger charge is -2.10. The van der Waals surface area contributed by atoms with E-state index in [1.807, 2.05) is 16.8 Å². The topological polar surface area (TPSA) is 32.3 Å². The van der Waals surface area contributed by atoms with Crippen molar-refractivity contribution in [2.45, 2.75) is 12.6 Å². The van der Waals surface area contributed by atoms with E-state index in [0.717, 1.165) is 11.6 Å². The minimum Gasteiger partial charge on any atom is -0.387 e. The highest BCUT2D eigenvalue weighted by atomic mass is 32.1. The molecular weight excluding hydrogens is 256 g/mol. The maximum Gasteiger partial charge on any atom is 0.126 e. The minimum absolute atomic E-state index is 0.315. The van der Waals surface area contributed by atoms with Crippen LogP contribution in [0.25, 0.3) is 0 Å². The summed E-state index contributed by atoms with van der Waals surface area (Å²) < 4.78 is 25.8. The predicted molar refractivity (Wildman–Crippen MR) is 67.3 cm³/mol. The van der Waals surface area contributed by atoms with Gasteiger partial charge in [0.15, 0.2) is 0 Å². The van der Waals surface area contributed by atoms with Gasteiger partial charge in [-0.1, -0.05) is 0 Å². The van der Waals surface area contributed by atoms with E-state index in [1.54, 1.807) is 0 Å². The third kappa shape index (κ3) is 3.60. The van der Waals surface area contributed by atoms with E-state index >= 15 is 0 Å². The normalized spacial score (nSPS) is 12.6. The molecule has 2 rings (SSSR count). The molecule has 2 nitrogen and oxygen atoms in total. The average Bonchev–Trinajstić information content (AvgIpc) is 2.80. The molecule has 1 unspecified atom stereocenters. The van der Waals surface area contributed by atoms with Crippen molar-refractivity contribution < 1.29 is 13.9 Å². The van der Waals surface area contributed by atoms with Crippen LogP contribution in [-0.4, -0.2) is 11.7 Å². The fourth-order valence-electron chi connectivity index (χ4n) is 1.65. The maximum absolute atomic E-state index is 12.9. The fourth-order valence-corrected chi connectivity index (χ4v) is 2.36. The molecule has 18 heavy (non-hydrogen) atoms. The number of aliphatic hydroxyl groups is 1. The van der Waals surface area contributed by atoms with Crippen molar-refractivity contribution in [1.82, 2.24) is 5.32 Å². The number of halogens is 2. The Balaban J connectivity index is 1.85. The van der Waals surface area contributed by atoms with Crippen molar-refractivity contribution >= 4 is 11.3 Å². The van der Waals surface area contributed by atoms with Gasteiger partial charge in [-0.2, -0.15) is 11.3 Å². The van der Waals surface area contributed by atoms with E-state index < -0.39 is 17.7 Å². The quantitative estimate of drug-likeness (QED) is 0.875. The van der Waals surface area contributed by atoms with Gasteiger partial charge in [-0.3, -0.25) is 0 Å². The third-order valence-corrected chi connectivity index (χ3v) is 3.22. The van der Waals surface area contributed by atoms with Crippen LogP contribution in [0.2, 0.25) is 0 Å². The smallest absolute Gasteiger partial charge is 0.126 e. The highest BCUT2D eigenvalue weighted by Crippen LogP contribution is 2.15. The summed E-state index contributed by atoms with van der Waals surface area (Å²) in [6, 6.07) is 5.22. The average molecular weight is 269 g/mol. The van der Waals surface area contributed by atoms with Crippen molar-refractivity contribution in [3.8, 4) is 0 Å². The van der Waals surface area contributed by atoms with Crippen molar-refractivity contribution in [3.05, 3.63) is 57.8 Å². The maximum atomic E-state index is 12.9. The summed E-state index contributed by atoms with van der Waals surface area (Å²) in [7, 11) is 0. The molecule has 0 fully saturated rings. The molecule has 0 saturated carbocycles. The van der Waals surface area contributed by atoms with Gasteiger partial charge in [0, 0.05) is 19.2 Å². The Labute approximate surface area is 108 Å². The van der Waals surface area contributed by atoms with Crippen LogP contribution in [0.4, 0.5) is 8.78 Å². The third-order valence-electron chi connectivity index (χ3n) is 2.52. The van der Waals surface area contributed by atoms with Gasteiger partial charge in [-0.15, -0.1) is 0 Å². The number of hydrogen-bond donors (Lipinski definition) is 2. The van der Waals surface area contributed by atoms with Crippen LogP contribution in [0.5, 0.6) is 0 Å². The van der Waals surface area contributed by atoms with Crippen molar-refractivity contribution in [3.63, 3.8) is 0 Å². The number of hydrogen-bond acceptors (Lipinski definition) is 3. The Morgan fingerprint density at radius 1 is 1.22 bits per heavy atom. The van der Waals surface area contributed by atoms with Gasteiger partial charge in [-0.05, 0) is 40.1 Å². The van der Waals surface area contributed by atoms with Crippen molar-refractivity contribution in [2.24, 2.45) is 0 Å². The molecule has 1 atom stereocenters. The van der Waals surface area contributed by atoms with Crippen LogP contribution in [0.15, 0.2) is 35.0 Å². The first-order chi connectivity index (χ1) is 8.65. The van der Waals surface area contributed by atoms with Crippen LogP contribution in [0.3, 0.4) is 0 Å². The Hall–Kier alpha value is -1.30. The lowest BCUT2D eigenvalue weighted by molar-refractivity contribution is 0.175. The summed E-state index contributed by atoms with van der Waals surface area (Å²) in [4.78, 5) is 0. The fraction of sp³-hybridized carbons (Fsp3) is 0.231. The second kappa shape index (κ2) is 6.04. The van der Waals surface area contributed by atoms with Crippen LogP contribution >= 0.6 is 11.3 Å². The highest BCUT2D eigenvalue weighted by molar-refractivity contribution is 7.07. The van der Waals surface area contributed by atoms with Crippen LogP contribution in [-0.2, 0) is 6.54 Å². The SMILES string of the molecule is OC(CNCc1cc(F)cc(F)c1)c1ccsc1. The molecular formula is C13H13F2NOS. The predicted octanol–water partition coefficient (Wildman–Crippen LogP) is 2.85. The first-order valence-corrected chi connectivity index (χ1v) is 6.45. The molecule has 2 N–H and O–H groups in total. The number of thiophene rings is 1. The van der Waals surface area contributed by atoms with Crippen molar-refractivity contribution in [1.29, 1.82) is 0 Å². The molecule has 1 aromatic carbocycles. The van der Waals surface area contributed by atoms with Gasteiger partial charge < -0.3 is 10.4 Å². The Kier molecular flexibility index (Phi) is 4.41. The number of nitrogens with one attached hydrogen (secondary N) is 1. The lowest BCUT2D eigenvalue weighted by Crippen LogP contribution is -2.20. The van der Waals surface area contributed by atoms with Gasteiger partial charge in [0.2, 0.25) is 0 Å². The van der Waals surface area contributed by atoms with E-state index in [1.165, 1.54) is 23.5 Å². The summed E-state index contributed by atoms with van der Waals surface area (Å²) in [6.07, 6.45) is -0.602. The largest absolute Gasteiger partial charge is 0.387 e. The second-order valence-electron chi connectivity index (χ2n) is 3.98. The summed E-state index contributed by atoms with van der Waals surface area (Å²) in [5.41, 5.74) is 1.36. The lowest BCUT2D eigenvalue weighted by atomic mass is 10.2. The van der Waals surface area contributed by atoms with Gasteiger partial charge in [0.1, 0.15) is 11.6 Å². The molecule has 0 spiro atoms. The van der Waals surface area contributed by atoms with E-state index in [4.69, 9.17) is 0 Å². The number of benzene rings is 1. The first kappa shape index (κ1) is 13.1. The monoisotopic (exact) mass is 269 g/mol. The number of aliphatic hydroxyl groups excluding tert-OH is 1. The Morgan fingerprint density at radius 2 is 1.94 bits per heavy atom. The van der Waals surface area contributed by atoms with E-state index in [9.17, 15) is 13.9 Å². The molecule has 0 aliphatic carbocycles. The minimum atomic E-state index is -0.602. The molecule has 1 aromatic heterocycles. The highest BCUT2D eigenvalue weighted by Gasteiger charge is 2.07. The van der Waals surface area contributed by atoms with E-state index in [0.29, 0.717) is 18.7 Å². The number of rotatable bonds is 5. The molecule has 2 aromatic rings. The zero-order chi connectivity index (χ0) is 13.0. The zero-order valence-electron chi connectivity index (χ0n) is 9.57. The van der Waals surface area contributed by atoms with Crippen LogP contribution < -0.4 is 5.32 Å². The molecule has 1 heterocycles. The van der Waals surface area contributed by atoms with Gasteiger partial charge in [-0.25, -0.2) is 8.78 Å². The van der Waals surface area contributed by atoms with Crippen molar-refractivity contribution in [2.75, 3.05) is 6.54 Å². The summed E-state index contributed by atoms with van der Waals surface area (Å²) in [6.45, 7) is 0.657. The van der Waals surface area contributed by atoms with Gasteiger partial charge in [0.05, 0.1) is 6.10 Å².